The van der Waals surface area contributed by atoms with Gasteiger partial charge in [-0.3, -0.25) is 0 Å². The molecule has 3 saturated carbocycles. The van der Waals surface area contributed by atoms with E-state index in [0.29, 0.717) is 11.3 Å². The highest BCUT2D eigenvalue weighted by Gasteiger charge is 2.60. The summed E-state index contributed by atoms with van der Waals surface area (Å²) in [7, 11) is 0. The Balaban J connectivity index is 1.24. The van der Waals surface area contributed by atoms with Gasteiger partial charge in [0.05, 0.1) is 12.7 Å². The molecule has 5 aliphatic rings. The van der Waals surface area contributed by atoms with Crippen LogP contribution in [-0.2, 0) is 9.47 Å². The van der Waals surface area contributed by atoms with Crippen LogP contribution in [0.1, 0.15) is 112 Å². The zero-order valence-corrected chi connectivity index (χ0v) is 26.7. The third kappa shape index (κ3) is 5.73. The maximum absolute atomic E-state index is 10.5. The molecule has 6 nitrogen and oxygen atoms in total. The van der Waals surface area contributed by atoms with Crippen LogP contribution in [0.15, 0.2) is 11.6 Å². The lowest BCUT2D eigenvalue weighted by Crippen LogP contribution is -2.60. The first-order valence-corrected chi connectivity index (χ1v) is 17.1. The fourth-order valence-corrected chi connectivity index (χ4v) is 10.8. The van der Waals surface area contributed by atoms with Crippen LogP contribution in [0.2, 0.25) is 0 Å². The molecule has 0 radical (unpaired) electrons. The number of ether oxygens (including phenoxy) is 2. The molecular weight excluding hydrogens is 516 g/mol. The average molecular weight is 577 g/mol. The molecule has 4 aliphatic carbocycles. The Bertz CT molecular complexity index is 918. The Morgan fingerprint density at radius 3 is 2.41 bits per heavy atom. The van der Waals surface area contributed by atoms with E-state index in [-0.39, 0.29) is 11.5 Å². The van der Waals surface area contributed by atoms with E-state index < -0.39 is 37.3 Å². The molecule has 0 spiro atoms. The summed E-state index contributed by atoms with van der Waals surface area (Å²) >= 11 is 0. The standard InChI is InChI=1S/C35H60O6/c1-7-22(20(2)3)9-8-21(4)25-10-12-27-26(25)11-13-29-34(5)17-15-24(18-23(34)14-16-35(27,29)6)40-33-32(39)31(38)30(37)28(19-36)41-33/h14,20-22,24-33,36-39H,7-13,15-19H2,1-6H3. The second-order valence-corrected chi connectivity index (χ2v) is 15.7. The van der Waals surface area contributed by atoms with Crippen LogP contribution in [0.4, 0.5) is 0 Å². The van der Waals surface area contributed by atoms with Crippen LogP contribution in [0.25, 0.3) is 0 Å². The second-order valence-electron chi connectivity index (χ2n) is 15.7. The Kier molecular flexibility index (Phi) is 9.71. The predicted octanol–water partition coefficient (Wildman–Crippen LogP) is 5.85. The lowest BCUT2D eigenvalue weighted by Gasteiger charge is -2.61. The summed E-state index contributed by atoms with van der Waals surface area (Å²) in [5, 5.41) is 40.4. The van der Waals surface area contributed by atoms with Gasteiger partial charge in [-0.1, -0.05) is 66.0 Å². The highest BCUT2D eigenvalue weighted by atomic mass is 16.7. The van der Waals surface area contributed by atoms with Crippen molar-refractivity contribution in [1.82, 2.24) is 0 Å². The third-order valence-corrected chi connectivity index (χ3v) is 13.4. The first-order chi connectivity index (χ1) is 19.4. The molecule has 4 N–H and O–H groups in total. The molecule has 1 aliphatic heterocycles. The molecule has 1 heterocycles. The van der Waals surface area contributed by atoms with Gasteiger partial charge in [-0.05, 0) is 110 Å². The summed E-state index contributed by atoms with van der Waals surface area (Å²) in [4.78, 5) is 0. The lowest BCUT2D eigenvalue weighted by atomic mass is 9.44. The molecule has 14 atom stereocenters. The zero-order chi connectivity index (χ0) is 29.7. The lowest BCUT2D eigenvalue weighted by molar-refractivity contribution is -0.313. The first kappa shape index (κ1) is 31.9. The molecule has 0 aromatic carbocycles. The summed E-state index contributed by atoms with van der Waals surface area (Å²) in [5.41, 5.74) is 2.05. The van der Waals surface area contributed by atoms with Gasteiger partial charge < -0.3 is 29.9 Å². The first-order valence-electron chi connectivity index (χ1n) is 17.1. The van der Waals surface area contributed by atoms with E-state index in [0.717, 1.165) is 61.2 Å². The molecule has 0 bridgehead atoms. The van der Waals surface area contributed by atoms with Crippen LogP contribution in [0, 0.1) is 52.3 Å². The summed E-state index contributed by atoms with van der Waals surface area (Å²) in [6.07, 6.45) is 9.91. The zero-order valence-electron chi connectivity index (χ0n) is 26.7. The Morgan fingerprint density at radius 2 is 1.73 bits per heavy atom. The smallest absolute Gasteiger partial charge is 0.186 e. The summed E-state index contributed by atoms with van der Waals surface area (Å²) in [5.74, 6) is 5.79. The van der Waals surface area contributed by atoms with E-state index in [2.05, 4.69) is 47.6 Å². The van der Waals surface area contributed by atoms with Crippen molar-refractivity contribution in [2.45, 2.75) is 149 Å². The number of aliphatic hydroxyl groups excluding tert-OH is 4. The van der Waals surface area contributed by atoms with Crippen LogP contribution >= 0.6 is 0 Å². The number of aliphatic hydroxyl groups is 4. The number of allylic oxidation sites excluding steroid dienone is 1. The molecule has 0 amide bonds. The number of rotatable bonds is 9. The van der Waals surface area contributed by atoms with Gasteiger partial charge in [0.25, 0.3) is 0 Å². The summed E-state index contributed by atoms with van der Waals surface area (Å²) in [6, 6.07) is 0. The SMILES string of the molecule is CCC(CCC(C)C1CCC2C1CCC1C3(C)CCC(OC4OC(CO)C(O)C(O)C4O)CC3=CCC21C)C(C)C. The van der Waals surface area contributed by atoms with Crippen molar-refractivity contribution in [2.24, 2.45) is 52.3 Å². The highest BCUT2D eigenvalue weighted by molar-refractivity contribution is 5.27. The minimum Gasteiger partial charge on any atom is -0.394 e. The molecule has 14 unspecified atom stereocenters. The number of hydrogen-bond acceptors (Lipinski definition) is 6. The average Bonchev–Trinajstić information content (AvgIpc) is 3.39. The van der Waals surface area contributed by atoms with Gasteiger partial charge in [0.1, 0.15) is 24.4 Å². The van der Waals surface area contributed by atoms with Gasteiger partial charge in [-0.25, -0.2) is 0 Å². The van der Waals surface area contributed by atoms with E-state index in [1.54, 1.807) is 0 Å². The van der Waals surface area contributed by atoms with Gasteiger partial charge in [0.2, 0.25) is 0 Å². The molecule has 1 saturated heterocycles. The Hall–Kier alpha value is -0.500. The van der Waals surface area contributed by atoms with Gasteiger partial charge in [0, 0.05) is 0 Å². The van der Waals surface area contributed by atoms with E-state index >= 15 is 0 Å². The summed E-state index contributed by atoms with van der Waals surface area (Å²) < 4.78 is 11.9. The quantitative estimate of drug-likeness (QED) is 0.257. The van der Waals surface area contributed by atoms with Crippen molar-refractivity contribution in [1.29, 1.82) is 0 Å². The molecule has 5 rings (SSSR count). The van der Waals surface area contributed by atoms with Gasteiger partial charge >= 0.3 is 0 Å². The summed E-state index contributed by atoms with van der Waals surface area (Å²) in [6.45, 7) is 14.4. The van der Waals surface area contributed by atoms with Crippen molar-refractivity contribution in [2.75, 3.05) is 6.61 Å². The van der Waals surface area contributed by atoms with E-state index in [4.69, 9.17) is 9.47 Å². The topological polar surface area (TPSA) is 99.4 Å². The third-order valence-electron chi connectivity index (χ3n) is 13.4. The van der Waals surface area contributed by atoms with Crippen LogP contribution < -0.4 is 0 Å². The van der Waals surface area contributed by atoms with Crippen molar-refractivity contribution >= 4 is 0 Å². The fourth-order valence-electron chi connectivity index (χ4n) is 10.8. The van der Waals surface area contributed by atoms with Gasteiger partial charge in [-0.15, -0.1) is 0 Å². The van der Waals surface area contributed by atoms with Crippen molar-refractivity contribution in [3.63, 3.8) is 0 Å². The number of fused-ring (bicyclic) bond motifs is 5. The van der Waals surface area contributed by atoms with Crippen molar-refractivity contribution < 1.29 is 29.9 Å². The monoisotopic (exact) mass is 576 g/mol. The normalized spacial score (nSPS) is 47.7. The largest absolute Gasteiger partial charge is 0.394 e. The molecule has 4 fully saturated rings. The van der Waals surface area contributed by atoms with Crippen LogP contribution in [0.3, 0.4) is 0 Å². The molecular formula is C35H60O6. The minimum atomic E-state index is -1.40. The predicted molar refractivity (Wildman–Crippen MR) is 161 cm³/mol. The van der Waals surface area contributed by atoms with E-state index in [9.17, 15) is 20.4 Å². The van der Waals surface area contributed by atoms with Crippen LogP contribution in [-0.4, -0.2) is 63.8 Å². The van der Waals surface area contributed by atoms with E-state index in [1.807, 2.05) is 0 Å². The Labute approximate surface area is 249 Å². The number of hydrogen-bond donors (Lipinski definition) is 4. The molecule has 236 valence electrons. The molecule has 41 heavy (non-hydrogen) atoms. The van der Waals surface area contributed by atoms with Crippen molar-refractivity contribution in [3.8, 4) is 0 Å². The van der Waals surface area contributed by atoms with E-state index in [1.165, 1.54) is 50.5 Å². The van der Waals surface area contributed by atoms with Gasteiger partial charge in [-0.2, -0.15) is 0 Å². The fraction of sp³-hybridized carbons (Fsp3) is 0.943. The molecule has 6 heteroatoms. The van der Waals surface area contributed by atoms with Crippen LogP contribution in [0.5, 0.6) is 0 Å². The maximum Gasteiger partial charge on any atom is 0.186 e. The second kappa shape index (κ2) is 12.5. The van der Waals surface area contributed by atoms with Crippen molar-refractivity contribution in [3.05, 3.63) is 11.6 Å². The Morgan fingerprint density at radius 1 is 0.976 bits per heavy atom. The highest BCUT2D eigenvalue weighted by Crippen LogP contribution is 2.68. The molecule has 0 aromatic rings. The maximum atomic E-state index is 10.5. The minimum absolute atomic E-state index is 0.106. The van der Waals surface area contributed by atoms with Gasteiger partial charge in [0.15, 0.2) is 6.29 Å². The molecule has 0 aromatic heterocycles.